The standard InChI is InChI=1S/C12H14BrN3O2S/c1-3-4-14-12(19)16-15-7-8-5-9(13)6-10(18-2)11(8)17/h3,5-7,17H,1,4H2,2H3,(H2,14,16,19)/b15-7+. The van der Waals surface area contributed by atoms with Crippen LogP contribution >= 0.6 is 28.1 Å². The molecule has 0 aromatic heterocycles. The third-order valence-corrected chi connectivity index (χ3v) is 2.76. The molecule has 5 nitrogen and oxygen atoms in total. The molecule has 0 atom stereocenters. The van der Waals surface area contributed by atoms with Gasteiger partial charge in [0.25, 0.3) is 0 Å². The number of benzene rings is 1. The summed E-state index contributed by atoms with van der Waals surface area (Å²) in [6, 6.07) is 3.37. The zero-order valence-electron chi connectivity index (χ0n) is 10.3. The maximum absolute atomic E-state index is 9.89. The van der Waals surface area contributed by atoms with E-state index in [1.807, 2.05) is 0 Å². The van der Waals surface area contributed by atoms with Crippen LogP contribution in [-0.2, 0) is 0 Å². The molecule has 1 aromatic rings. The molecule has 0 spiro atoms. The highest BCUT2D eigenvalue weighted by atomic mass is 79.9. The van der Waals surface area contributed by atoms with Gasteiger partial charge in [0, 0.05) is 16.6 Å². The molecule has 0 amide bonds. The van der Waals surface area contributed by atoms with Crippen LogP contribution in [-0.4, -0.2) is 30.1 Å². The number of phenols is 1. The number of hydrogen-bond acceptors (Lipinski definition) is 4. The molecular weight excluding hydrogens is 330 g/mol. The molecule has 0 fully saturated rings. The second-order valence-electron chi connectivity index (χ2n) is 3.41. The molecule has 3 N–H and O–H groups in total. The molecule has 102 valence electrons. The van der Waals surface area contributed by atoms with Crippen LogP contribution in [0.2, 0.25) is 0 Å². The van der Waals surface area contributed by atoms with Crippen molar-refractivity contribution in [3.63, 3.8) is 0 Å². The summed E-state index contributed by atoms with van der Waals surface area (Å²) in [5.41, 5.74) is 3.13. The SMILES string of the molecule is C=CCNC(=S)N/N=C/c1cc(Br)cc(OC)c1O. The van der Waals surface area contributed by atoms with Crippen molar-refractivity contribution in [1.82, 2.24) is 10.7 Å². The number of hydrazone groups is 1. The molecule has 0 unspecified atom stereocenters. The first-order valence-electron chi connectivity index (χ1n) is 5.32. The number of halogens is 1. The average Bonchev–Trinajstić information content (AvgIpc) is 2.39. The molecule has 0 radical (unpaired) electrons. The lowest BCUT2D eigenvalue weighted by molar-refractivity contribution is 0.373. The Bertz CT molecular complexity index is 506. The van der Waals surface area contributed by atoms with Gasteiger partial charge in [0.1, 0.15) is 0 Å². The van der Waals surface area contributed by atoms with E-state index in [0.29, 0.717) is 23.0 Å². The van der Waals surface area contributed by atoms with Crippen LogP contribution in [0.5, 0.6) is 11.5 Å². The van der Waals surface area contributed by atoms with Crippen LogP contribution in [0.4, 0.5) is 0 Å². The molecule has 7 heteroatoms. The third kappa shape index (κ3) is 4.88. The predicted molar refractivity (Wildman–Crippen MR) is 83.9 cm³/mol. The zero-order chi connectivity index (χ0) is 14.3. The number of aromatic hydroxyl groups is 1. The molecule has 19 heavy (non-hydrogen) atoms. The monoisotopic (exact) mass is 343 g/mol. The number of methoxy groups -OCH3 is 1. The first-order chi connectivity index (χ1) is 9.08. The van der Waals surface area contributed by atoms with E-state index in [1.165, 1.54) is 13.3 Å². The minimum atomic E-state index is 0.0150. The summed E-state index contributed by atoms with van der Waals surface area (Å²) in [7, 11) is 1.48. The number of rotatable bonds is 5. The Labute approximate surface area is 125 Å². The fourth-order valence-electron chi connectivity index (χ4n) is 1.21. The zero-order valence-corrected chi connectivity index (χ0v) is 12.7. The van der Waals surface area contributed by atoms with Crippen molar-refractivity contribution in [3.05, 3.63) is 34.8 Å². The van der Waals surface area contributed by atoms with Crippen molar-refractivity contribution in [2.45, 2.75) is 0 Å². The molecule has 0 saturated heterocycles. The summed E-state index contributed by atoms with van der Waals surface area (Å²) in [6.45, 7) is 4.11. The molecule has 1 rings (SSSR count). The summed E-state index contributed by atoms with van der Waals surface area (Å²) in [5, 5.41) is 17.0. The fourth-order valence-corrected chi connectivity index (χ4v) is 1.80. The molecule has 0 aliphatic carbocycles. The quantitative estimate of drug-likeness (QED) is 0.331. The molecule has 0 bridgehead atoms. The van der Waals surface area contributed by atoms with Gasteiger partial charge in [0.05, 0.1) is 13.3 Å². The molecule has 0 aliphatic rings. The number of nitrogens with zero attached hydrogens (tertiary/aromatic N) is 1. The van der Waals surface area contributed by atoms with Gasteiger partial charge in [-0.3, -0.25) is 5.43 Å². The highest BCUT2D eigenvalue weighted by Gasteiger charge is 2.07. The lowest BCUT2D eigenvalue weighted by Crippen LogP contribution is -2.31. The van der Waals surface area contributed by atoms with Crippen molar-refractivity contribution in [1.29, 1.82) is 0 Å². The van der Waals surface area contributed by atoms with Crippen LogP contribution in [0, 0.1) is 0 Å². The number of nitrogens with one attached hydrogen (secondary N) is 2. The summed E-state index contributed by atoms with van der Waals surface area (Å²) in [6.07, 6.45) is 3.13. The van der Waals surface area contributed by atoms with Crippen LogP contribution in [0.15, 0.2) is 34.4 Å². The van der Waals surface area contributed by atoms with Crippen molar-refractivity contribution in [2.24, 2.45) is 5.10 Å². The van der Waals surface area contributed by atoms with Gasteiger partial charge in [-0.05, 0) is 24.4 Å². The van der Waals surface area contributed by atoms with Gasteiger partial charge in [-0.2, -0.15) is 5.10 Å². The van der Waals surface area contributed by atoms with E-state index in [0.717, 1.165) is 4.47 Å². The van der Waals surface area contributed by atoms with E-state index in [-0.39, 0.29) is 5.75 Å². The van der Waals surface area contributed by atoms with Gasteiger partial charge < -0.3 is 15.2 Å². The Morgan fingerprint density at radius 3 is 3.00 bits per heavy atom. The average molecular weight is 344 g/mol. The number of hydrogen-bond donors (Lipinski definition) is 3. The predicted octanol–water partition coefficient (Wildman–Crippen LogP) is 2.15. The fraction of sp³-hybridized carbons (Fsp3) is 0.167. The Balaban J connectivity index is 2.74. The van der Waals surface area contributed by atoms with Gasteiger partial charge >= 0.3 is 0 Å². The summed E-state index contributed by atoms with van der Waals surface area (Å²) >= 11 is 8.28. The number of phenolic OH excluding ortho intramolecular Hbond substituents is 1. The van der Waals surface area contributed by atoms with Crippen molar-refractivity contribution >= 4 is 39.5 Å². The molecule has 0 heterocycles. The van der Waals surface area contributed by atoms with Gasteiger partial charge in [-0.1, -0.05) is 22.0 Å². The van der Waals surface area contributed by atoms with Crippen molar-refractivity contribution < 1.29 is 9.84 Å². The van der Waals surface area contributed by atoms with Crippen LogP contribution in [0.3, 0.4) is 0 Å². The largest absolute Gasteiger partial charge is 0.504 e. The number of thiocarbonyl (C=S) groups is 1. The summed E-state index contributed by atoms with van der Waals surface area (Å²) in [4.78, 5) is 0. The maximum Gasteiger partial charge on any atom is 0.187 e. The Morgan fingerprint density at radius 2 is 2.37 bits per heavy atom. The van der Waals surface area contributed by atoms with Gasteiger partial charge in [0.15, 0.2) is 16.6 Å². The lowest BCUT2D eigenvalue weighted by atomic mass is 10.2. The highest BCUT2D eigenvalue weighted by Crippen LogP contribution is 2.32. The van der Waals surface area contributed by atoms with Gasteiger partial charge in [-0.25, -0.2) is 0 Å². The summed E-state index contributed by atoms with van der Waals surface area (Å²) < 4.78 is 5.81. The maximum atomic E-state index is 9.89. The van der Waals surface area contributed by atoms with E-state index >= 15 is 0 Å². The third-order valence-electron chi connectivity index (χ3n) is 2.07. The van der Waals surface area contributed by atoms with Gasteiger partial charge in [0.2, 0.25) is 0 Å². The van der Waals surface area contributed by atoms with E-state index in [4.69, 9.17) is 17.0 Å². The van der Waals surface area contributed by atoms with E-state index in [9.17, 15) is 5.11 Å². The smallest absolute Gasteiger partial charge is 0.187 e. The lowest BCUT2D eigenvalue weighted by Gasteiger charge is -2.07. The van der Waals surface area contributed by atoms with Gasteiger partial charge in [-0.15, -0.1) is 6.58 Å². The minimum Gasteiger partial charge on any atom is -0.504 e. The summed E-state index contributed by atoms with van der Waals surface area (Å²) in [5.74, 6) is 0.379. The Kier molecular flexibility index (Phi) is 6.31. The molecule has 0 saturated carbocycles. The van der Waals surface area contributed by atoms with E-state index in [1.54, 1.807) is 18.2 Å². The second-order valence-corrected chi connectivity index (χ2v) is 4.74. The molecule has 1 aromatic carbocycles. The second kappa shape index (κ2) is 7.75. The number of ether oxygens (including phenoxy) is 1. The Morgan fingerprint density at radius 1 is 1.63 bits per heavy atom. The topological polar surface area (TPSA) is 65.9 Å². The first-order valence-corrected chi connectivity index (χ1v) is 6.53. The van der Waals surface area contributed by atoms with Crippen LogP contribution in [0.1, 0.15) is 5.56 Å². The normalized spacial score (nSPS) is 10.2. The molecule has 0 aliphatic heterocycles. The Hall–Kier alpha value is -1.60. The minimum absolute atomic E-state index is 0.0150. The van der Waals surface area contributed by atoms with Crippen LogP contribution < -0.4 is 15.5 Å². The first kappa shape index (κ1) is 15.5. The molecular formula is C12H14BrN3O2S. The van der Waals surface area contributed by atoms with E-state index < -0.39 is 0 Å². The van der Waals surface area contributed by atoms with E-state index in [2.05, 4.69) is 38.4 Å². The van der Waals surface area contributed by atoms with Crippen molar-refractivity contribution in [3.8, 4) is 11.5 Å². The van der Waals surface area contributed by atoms with Crippen LogP contribution in [0.25, 0.3) is 0 Å². The van der Waals surface area contributed by atoms with Crippen molar-refractivity contribution in [2.75, 3.05) is 13.7 Å². The highest BCUT2D eigenvalue weighted by molar-refractivity contribution is 9.10.